The SMILES string of the molecule is CCNCCNc1cc(Nc2cc(C(C)C)[nH]n2)nc(NCc2cc(-c3ccccc3)no2)n1. The van der Waals surface area contributed by atoms with Gasteiger partial charge in [0.25, 0.3) is 0 Å². The van der Waals surface area contributed by atoms with Gasteiger partial charge in [0.1, 0.15) is 17.3 Å². The van der Waals surface area contributed by atoms with Crippen LogP contribution in [0.2, 0.25) is 0 Å². The molecular weight excluding hydrogens is 430 g/mol. The van der Waals surface area contributed by atoms with Crippen LogP contribution in [0.3, 0.4) is 0 Å². The Balaban J connectivity index is 1.47. The van der Waals surface area contributed by atoms with E-state index in [0.29, 0.717) is 41.6 Å². The van der Waals surface area contributed by atoms with Crippen molar-refractivity contribution in [2.24, 2.45) is 0 Å². The van der Waals surface area contributed by atoms with E-state index in [1.54, 1.807) is 0 Å². The van der Waals surface area contributed by atoms with Crippen LogP contribution in [-0.2, 0) is 6.54 Å². The summed E-state index contributed by atoms with van der Waals surface area (Å²) in [4.78, 5) is 9.20. The Labute approximate surface area is 199 Å². The summed E-state index contributed by atoms with van der Waals surface area (Å²) in [6, 6.07) is 15.7. The van der Waals surface area contributed by atoms with Crippen molar-refractivity contribution >= 4 is 23.4 Å². The van der Waals surface area contributed by atoms with Crippen molar-refractivity contribution < 1.29 is 4.52 Å². The highest BCUT2D eigenvalue weighted by Gasteiger charge is 2.11. The Morgan fingerprint density at radius 2 is 1.76 bits per heavy atom. The van der Waals surface area contributed by atoms with Gasteiger partial charge in [0.2, 0.25) is 5.95 Å². The molecule has 1 aromatic carbocycles. The fourth-order valence-electron chi connectivity index (χ4n) is 3.27. The van der Waals surface area contributed by atoms with Crippen LogP contribution in [0.25, 0.3) is 11.3 Å². The molecule has 0 aliphatic rings. The Hall–Kier alpha value is -3.92. The van der Waals surface area contributed by atoms with Crippen LogP contribution in [0.4, 0.5) is 23.4 Å². The molecule has 10 heteroatoms. The molecule has 0 spiro atoms. The van der Waals surface area contributed by atoms with E-state index in [-0.39, 0.29) is 0 Å². The molecule has 4 aromatic rings. The highest BCUT2D eigenvalue weighted by molar-refractivity contribution is 5.60. The summed E-state index contributed by atoms with van der Waals surface area (Å²) in [5.74, 6) is 3.56. The first-order valence-electron chi connectivity index (χ1n) is 11.5. The minimum atomic E-state index is 0.358. The van der Waals surface area contributed by atoms with Gasteiger partial charge >= 0.3 is 0 Å². The number of nitrogens with one attached hydrogen (secondary N) is 5. The Morgan fingerprint density at radius 1 is 0.941 bits per heavy atom. The third-order valence-electron chi connectivity index (χ3n) is 5.11. The van der Waals surface area contributed by atoms with E-state index in [4.69, 9.17) is 4.52 Å². The Morgan fingerprint density at radius 3 is 2.53 bits per heavy atom. The lowest BCUT2D eigenvalue weighted by Gasteiger charge is -2.11. The summed E-state index contributed by atoms with van der Waals surface area (Å²) in [6.07, 6.45) is 0. The largest absolute Gasteiger partial charge is 0.369 e. The highest BCUT2D eigenvalue weighted by Crippen LogP contribution is 2.22. The minimum absolute atomic E-state index is 0.358. The molecule has 10 nitrogen and oxygen atoms in total. The van der Waals surface area contributed by atoms with Crippen LogP contribution in [0.15, 0.2) is 53.1 Å². The summed E-state index contributed by atoms with van der Waals surface area (Å²) in [5.41, 5.74) is 2.85. The smallest absolute Gasteiger partial charge is 0.227 e. The van der Waals surface area contributed by atoms with E-state index in [1.165, 1.54) is 0 Å². The molecule has 0 saturated heterocycles. The summed E-state index contributed by atoms with van der Waals surface area (Å²) in [5, 5.41) is 24.7. The minimum Gasteiger partial charge on any atom is -0.369 e. The molecule has 4 rings (SSSR count). The molecule has 0 saturated carbocycles. The number of H-pyrrole nitrogens is 1. The van der Waals surface area contributed by atoms with E-state index < -0.39 is 0 Å². The monoisotopic (exact) mass is 461 g/mol. The maximum Gasteiger partial charge on any atom is 0.227 e. The van der Waals surface area contributed by atoms with Crippen LogP contribution >= 0.6 is 0 Å². The fourth-order valence-corrected chi connectivity index (χ4v) is 3.27. The topological polar surface area (TPSA) is 129 Å². The zero-order chi connectivity index (χ0) is 23.8. The highest BCUT2D eigenvalue weighted by atomic mass is 16.5. The van der Waals surface area contributed by atoms with Crippen molar-refractivity contribution in [3.63, 3.8) is 0 Å². The summed E-state index contributed by atoms with van der Waals surface area (Å²) in [7, 11) is 0. The quantitative estimate of drug-likeness (QED) is 0.195. The second-order valence-corrected chi connectivity index (χ2v) is 8.13. The molecule has 0 aliphatic heterocycles. The van der Waals surface area contributed by atoms with Crippen LogP contribution in [0, 0.1) is 0 Å². The fraction of sp³-hybridized carbons (Fsp3) is 0.333. The number of likely N-dealkylation sites (N-methyl/N-ethyl adjacent to an activating group) is 1. The van der Waals surface area contributed by atoms with Gasteiger partial charge in [0, 0.05) is 42.5 Å². The van der Waals surface area contributed by atoms with Gasteiger partial charge in [-0.2, -0.15) is 15.1 Å². The maximum absolute atomic E-state index is 5.49. The predicted octanol–water partition coefficient (Wildman–Crippen LogP) is 4.36. The van der Waals surface area contributed by atoms with Crippen LogP contribution in [-0.4, -0.2) is 45.0 Å². The molecule has 3 heterocycles. The number of anilines is 4. The molecule has 34 heavy (non-hydrogen) atoms. The number of benzene rings is 1. The van der Waals surface area contributed by atoms with Gasteiger partial charge in [0.05, 0.1) is 6.54 Å². The lowest BCUT2D eigenvalue weighted by Crippen LogP contribution is -2.22. The van der Waals surface area contributed by atoms with Crippen molar-refractivity contribution in [3.05, 3.63) is 60.0 Å². The van der Waals surface area contributed by atoms with Gasteiger partial charge in [-0.25, -0.2) is 0 Å². The lowest BCUT2D eigenvalue weighted by atomic mass is 10.1. The van der Waals surface area contributed by atoms with E-state index in [2.05, 4.69) is 67.4 Å². The van der Waals surface area contributed by atoms with Crippen molar-refractivity contribution in [1.29, 1.82) is 0 Å². The summed E-state index contributed by atoms with van der Waals surface area (Å²) in [6.45, 7) is 9.21. The first-order chi connectivity index (χ1) is 16.6. The van der Waals surface area contributed by atoms with Crippen molar-refractivity contribution in [3.8, 4) is 11.3 Å². The van der Waals surface area contributed by atoms with Gasteiger partial charge in [-0.05, 0) is 12.5 Å². The van der Waals surface area contributed by atoms with Crippen molar-refractivity contribution in [1.82, 2.24) is 30.6 Å². The van der Waals surface area contributed by atoms with E-state index in [9.17, 15) is 0 Å². The van der Waals surface area contributed by atoms with Gasteiger partial charge in [0.15, 0.2) is 11.6 Å². The van der Waals surface area contributed by atoms with Crippen LogP contribution in [0.1, 0.15) is 38.1 Å². The molecule has 0 amide bonds. The van der Waals surface area contributed by atoms with Gasteiger partial charge < -0.3 is 25.8 Å². The maximum atomic E-state index is 5.49. The third kappa shape index (κ3) is 6.32. The third-order valence-corrected chi connectivity index (χ3v) is 5.11. The number of hydrogen-bond donors (Lipinski definition) is 5. The second-order valence-electron chi connectivity index (χ2n) is 8.13. The molecule has 5 N–H and O–H groups in total. The number of aromatic nitrogens is 5. The zero-order valence-corrected chi connectivity index (χ0v) is 19.7. The standard InChI is InChI=1S/C24H31N9O/c1-4-25-10-11-26-21-14-22(28-23-13-19(16(2)3)31-32-23)30-24(29-21)27-15-18-12-20(33-34-18)17-8-6-5-7-9-17/h5-9,12-14,16,25H,4,10-11,15H2,1-3H3,(H4,26,27,28,29,30,31,32). The van der Waals surface area contributed by atoms with E-state index in [1.807, 2.05) is 48.5 Å². The second kappa shape index (κ2) is 11.3. The molecule has 0 radical (unpaired) electrons. The molecule has 0 fully saturated rings. The molecule has 0 atom stereocenters. The summed E-state index contributed by atoms with van der Waals surface area (Å²) < 4.78 is 5.49. The first kappa shape index (κ1) is 23.2. The number of rotatable bonds is 12. The van der Waals surface area contributed by atoms with Crippen molar-refractivity contribution in [2.45, 2.75) is 33.2 Å². The molecule has 0 aliphatic carbocycles. The van der Waals surface area contributed by atoms with Gasteiger partial charge in [-0.15, -0.1) is 0 Å². The summed E-state index contributed by atoms with van der Waals surface area (Å²) >= 11 is 0. The molecule has 0 unspecified atom stereocenters. The van der Waals surface area contributed by atoms with Gasteiger partial charge in [-0.3, -0.25) is 5.10 Å². The Kier molecular flexibility index (Phi) is 7.71. The number of hydrogen-bond acceptors (Lipinski definition) is 9. The average Bonchev–Trinajstić information content (AvgIpc) is 3.51. The number of aromatic amines is 1. The normalized spacial score (nSPS) is 11.1. The molecule has 3 aromatic heterocycles. The van der Waals surface area contributed by atoms with Crippen LogP contribution < -0.4 is 21.3 Å². The Bertz CT molecular complexity index is 1170. The van der Waals surface area contributed by atoms with Crippen molar-refractivity contribution in [2.75, 3.05) is 35.6 Å². The zero-order valence-electron chi connectivity index (χ0n) is 19.7. The molecule has 0 bridgehead atoms. The van der Waals surface area contributed by atoms with E-state index in [0.717, 1.165) is 36.6 Å². The van der Waals surface area contributed by atoms with E-state index >= 15 is 0 Å². The van der Waals surface area contributed by atoms with Gasteiger partial charge in [-0.1, -0.05) is 56.3 Å². The lowest BCUT2D eigenvalue weighted by molar-refractivity contribution is 0.390. The molecule has 178 valence electrons. The predicted molar refractivity (Wildman–Crippen MR) is 134 cm³/mol. The van der Waals surface area contributed by atoms with Crippen LogP contribution in [0.5, 0.6) is 0 Å². The number of nitrogens with zero attached hydrogens (tertiary/aromatic N) is 4. The first-order valence-corrected chi connectivity index (χ1v) is 11.5. The average molecular weight is 462 g/mol. The molecular formula is C24H31N9O.